The van der Waals surface area contributed by atoms with Crippen LogP contribution in [0.2, 0.25) is 0 Å². The fourth-order valence-corrected chi connectivity index (χ4v) is 1.97. The minimum Gasteiger partial charge on any atom is -0.482 e. The molecule has 5 heteroatoms. The minimum atomic E-state index is -0.997. The molecule has 0 aliphatic rings. The maximum Gasteiger partial charge on any atom is 0.341 e. The molecule has 116 valence electrons. The molecule has 2 N–H and O–H groups in total. The van der Waals surface area contributed by atoms with Gasteiger partial charge >= 0.3 is 5.97 Å². The van der Waals surface area contributed by atoms with Crippen molar-refractivity contribution in [3.63, 3.8) is 0 Å². The van der Waals surface area contributed by atoms with Crippen molar-refractivity contribution >= 4 is 11.9 Å². The topological polar surface area (TPSA) is 75.6 Å². The zero-order chi connectivity index (χ0) is 15.7. The molecule has 0 bridgehead atoms. The normalized spacial score (nSPS) is 11.7. The van der Waals surface area contributed by atoms with Gasteiger partial charge in [-0.25, -0.2) is 4.79 Å². The quantitative estimate of drug-likeness (QED) is 0.732. The number of benzene rings is 1. The van der Waals surface area contributed by atoms with E-state index in [2.05, 4.69) is 12.2 Å². The van der Waals surface area contributed by atoms with Gasteiger partial charge in [-0.3, -0.25) is 4.79 Å². The van der Waals surface area contributed by atoms with Crippen molar-refractivity contribution in [2.24, 2.45) is 5.92 Å². The zero-order valence-corrected chi connectivity index (χ0v) is 12.6. The Balaban J connectivity index is 2.32. The summed E-state index contributed by atoms with van der Waals surface area (Å²) >= 11 is 0. The van der Waals surface area contributed by atoms with Crippen molar-refractivity contribution in [3.8, 4) is 5.75 Å². The molecule has 21 heavy (non-hydrogen) atoms. The Kier molecular flexibility index (Phi) is 7.29. The van der Waals surface area contributed by atoms with Crippen LogP contribution < -0.4 is 10.1 Å². The van der Waals surface area contributed by atoms with Crippen LogP contribution in [-0.2, 0) is 16.0 Å². The first-order chi connectivity index (χ1) is 10.0. The van der Waals surface area contributed by atoms with E-state index in [0.717, 1.165) is 24.8 Å². The largest absolute Gasteiger partial charge is 0.482 e. The van der Waals surface area contributed by atoms with Gasteiger partial charge in [0.1, 0.15) is 5.75 Å². The van der Waals surface area contributed by atoms with E-state index >= 15 is 0 Å². The molecule has 0 saturated carbocycles. The summed E-state index contributed by atoms with van der Waals surface area (Å²) in [5, 5.41) is 11.4. The van der Waals surface area contributed by atoms with Crippen molar-refractivity contribution in [2.45, 2.75) is 33.1 Å². The first-order valence-corrected chi connectivity index (χ1v) is 7.24. The highest BCUT2D eigenvalue weighted by Crippen LogP contribution is 2.12. The maximum absolute atomic E-state index is 11.7. The van der Waals surface area contributed by atoms with Crippen molar-refractivity contribution in [3.05, 3.63) is 29.8 Å². The van der Waals surface area contributed by atoms with E-state index in [0.29, 0.717) is 12.3 Å². The lowest BCUT2D eigenvalue weighted by molar-refractivity contribution is -0.139. The average Bonchev–Trinajstić information content (AvgIpc) is 2.46. The Morgan fingerprint density at radius 3 is 2.52 bits per heavy atom. The monoisotopic (exact) mass is 293 g/mol. The lowest BCUT2D eigenvalue weighted by Gasteiger charge is -2.11. The van der Waals surface area contributed by atoms with E-state index in [9.17, 15) is 9.59 Å². The highest BCUT2D eigenvalue weighted by atomic mass is 16.5. The predicted octanol–water partition coefficient (Wildman–Crippen LogP) is 2.24. The summed E-state index contributed by atoms with van der Waals surface area (Å²) in [6.07, 6.45) is 2.65. The van der Waals surface area contributed by atoms with Gasteiger partial charge < -0.3 is 15.2 Å². The summed E-state index contributed by atoms with van der Waals surface area (Å²) < 4.78 is 5.05. The molecule has 0 spiro atoms. The molecule has 0 aliphatic carbocycles. The van der Waals surface area contributed by atoms with Crippen molar-refractivity contribution in [1.82, 2.24) is 5.32 Å². The number of rotatable bonds is 9. The third-order valence-electron chi connectivity index (χ3n) is 3.17. The third kappa shape index (κ3) is 6.79. The molecule has 0 aromatic heterocycles. The van der Waals surface area contributed by atoms with Crippen molar-refractivity contribution < 1.29 is 19.4 Å². The Labute approximate surface area is 125 Å². The number of ether oxygens (including phenoxy) is 1. The second-order valence-corrected chi connectivity index (χ2v) is 5.06. The van der Waals surface area contributed by atoms with Crippen LogP contribution in [0.5, 0.6) is 5.75 Å². The van der Waals surface area contributed by atoms with E-state index in [1.54, 1.807) is 12.1 Å². The molecule has 0 saturated heterocycles. The number of nitrogens with one attached hydrogen (secondary N) is 1. The Hall–Kier alpha value is -2.04. The number of aliphatic carboxylic acids is 1. The van der Waals surface area contributed by atoms with Crippen LogP contribution in [0.3, 0.4) is 0 Å². The van der Waals surface area contributed by atoms with Crippen LogP contribution in [0.25, 0.3) is 0 Å². The van der Waals surface area contributed by atoms with Gasteiger partial charge in [0.2, 0.25) is 5.91 Å². The second-order valence-electron chi connectivity index (χ2n) is 5.06. The predicted molar refractivity (Wildman–Crippen MR) is 80.4 cm³/mol. The van der Waals surface area contributed by atoms with Gasteiger partial charge in [0.25, 0.3) is 0 Å². The highest BCUT2D eigenvalue weighted by molar-refractivity contribution is 5.78. The van der Waals surface area contributed by atoms with Gasteiger partial charge in [0.05, 0.1) is 0 Å². The molecule has 1 unspecified atom stereocenters. The van der Waals surface area contributed by atoms with Gasteiger partial charge in [-0.15, -0.1) is 0 Å². The van der Waals surface area contributed by atoms with Crippen LogP contribution in [0, 0.1) is 5.92 Å². The smallest absolute Gasteiger partial charge is 0.341 e. The molecular formula is C16H23NO4. The molecule has 1 atom stereocenters. The van der Waals surface area contributed by atoms with Gasteiger partial charge in [-0.2, -0.15) is 0 Å². The van der Waals surface area contributed by atoms with Gasteiger partial charge in [0.15, 0.2) is 6.61 Å². The van der Waals surface area contributed by atoms with E-state index in [1.807, 2.05) is 19.1 Å². The molecule has 1 amide bonds. The van der Waals surface area contributed by atoms with Crippen LogP contribution in [0.4, 0.5) is 0 Å². The number of carboxylic acid groups (broad SMARTS) is 1. The molecular weight excluding hydrogens is 270 g/mol. The number of carboxylic acids is 1. The molecule has 0 radical (unpaired) electrons. The summed E-state index contributed by atoms with van der Waals surface area (Å²) in [4.78, 5) is 22.1. The number of carbonyl (C=O) groups excluding carboxylic acids is 1. The molecule has 0 heterocycles. The molecule has 1 aromatic carbocycles. The SMILES string of the molecule is CCCC(C)C(=O)NCCc1ccc(OCC(=O)O)cc1. The maximum atomic E-state index is 11.7. The summed E-state index contributed by atoms with van der Waals surface area (Å²) in [7, 11) is 0. The summed E-state index contributed by atoms with van der Waals surface area (Å²) in [6, 6.07) is 7.22. The zero-order valence-electron chi connectivity index (χ0n) is 12.6. The second kappa shape index (κ2) is 9.00. The molecule has 1 rings (SSSR count). The van der Waals surface area contributed by atoms with Crippen LogP contribution in [0.15, 0.2) is 24.3 Å². The lowest BCUT2D eigenvalue weighted by Crippen LogP contribution is -2.30. The van der Waals surface area contributed by atoms with E-state index in [1.165, 1.54) is 0 Å². The Morgan fingerprint density at radius 2 is 1.95 bits per heavy atom. The summed E-state index contributed by atoms with van der Waals surface area (Å²) in [5.74, 6) is -0.315. The van der Waals surface area contributed by atoms with Crippen LogP contribution >= 0.6 is 0 Å². The van der Waals surface area contributed by atoms with E-state index in [4.69, 9.17) is 9.84 Å². The van der Waals surface area contributed by atoms with E-state index < -0.39 is 5.97 Å². The van der Waals surface area contributed by atoms with Gasteiger partial charge in [-0.05, 0) is 30.5 Å². The number of hydrogen-bond acceptors (Lipinski definition) is 3. The first kappa shape index (κ1) is 17.0. The van der Waals surface area contributed by atoms with Gasteiger partial charge in [-0.1, -0.05) is 32.4 Å². The van der Waals surface area contributed by atoms with Gasteiger partial charge in [0, 0.05) is 12.5 Å². The Morgan fingerprint density at radius 1 is 1.29 bits per heavy atom. The average molecular weight is 293 g/mol. The molecule has 0 aliphatic heterocycles. The third-order valence-corrected chi connectivity index (χ3v) is 3.17. The standard InChI is InChI=1S/C16H23NO4/c1-3-4-12(2)16(20)17-10-9-13-5-7-14(8-6-13)21-11-15(18)19/h5-8,12H,3-4,9-11H2,1-2H3,(H,17,20)(H,18,19). The summed E-state index contributed by atoms with van der Waals surface area (Å²) in [5.41, 5.74) is 1.07. The van der Waals surface area contributed by atoms with Crippen LogP contribution in [-0.4, -0.2) is 30.1 Å². The fraction of sp³-hybridized carbons (Fsp3) is 0.500. The number of amides is 1. The van der Waals surface area contributed by atoms with Crippen molar-refractivity contribution in [1.29, 1.82) is 0 Å². The minimum absolute atomic E-state index is 0.0572. The van der Waals surface area contributed by atoms with Crippen molar-refractivity contribution in [2.75, 3.05) is 13.2 Å². The Bertz CT molecular complexity index is 456. The highest BCUT2D eigenvalue weighted by Gasteiger charge is 2.10. The molecule has 1 aromatic rings. The lowest BCUT2D eigenvalue weighted by atomic mass is 10.1. The molecule has 0 fully saturated rings. The summed E-state index contributed by atoms with van der Waals surface area (Å²) in [6.45, 7) is 4.26. The van der Waals surface area contributed by atoms with Crippen LogP contribution in [0.1, 0.15) is 32.3 Å². The van der Waals surface area contributed by atoms with E-state index in [-0.39, 0.29) is 18.4 Å². The fourth-order valence-electron chi connectivity index (χ4n) is 1.97. The molecule has 5 nitrogen and oxygen atoms in total. The number of hydrogen-bond donors (Lipinski definition) is 2. The number of carbonyl (C=O) groups is 2. The first-order valence-electron chi connectivity index (χ1n) is 7.24.